The minimum Gasteiger partial charge on any atom is -0.459 e. The number of benzene rings is 3. The highest BCUT2D eigenvalue weighted by atomic mass is 19.1. The van der Waals surface area contributed by atoms with Crippen LogP contribution in [0, 0.1) is 5.82 Å². The number of amides is 2. The monoisotopic (exact) mass is 591 g/mol. The molecule has 0 aromatic heterocycles. The predicted octanol–water partition coefficient (Wildman–Crippen LogP) is 5.06. The van der Waals surface area contributed by atoms with E-state index in [0.29, 0.717) is 30.2 Å². The Kier molecular flexibility index (Phi) is 10.9. The van der Waals surface area contributed by atoms with Gasteiger partial charge in [0.25, 0.3) is 0 Å². The summed E-state index contributed by atoms with van der Waals surface area (Å²) in [4.78, 5) is 40.9. The molecule has 1 saturated heterocycles. The van der Waals surface area contributed by atoms with Crippen LogP contribution in [0.3, 0.4) is 0 Å². The van der Waals surface area contributed by atoms with E-state index < -0.39 is 29.5 Å². The topological polar surface area (TPSA) is 106 Å². The lowest BCUT2D eigenvalue weighted by molar-refractivity contribution is -0.160. The molecule has 3 aromatic rings. The molecule has 43 heavy (non-hydrogen) atoms. The third kappa shape index (κ3) is 10.2. The van der Waals surface area contributed by atoms with Crippen molar-refractivity contribution in [2.45, 2.75) is 57.9 Å². The Balaban J connectivity index is 1.37. The quantitative estimate of drug-likeness (QED) is 0.284. The first-order valence-corrected chi connectivity index (χ1v) is 14.3. The molecule has 1 aliphatic heterocycles. The van der Waals surface area contributed by atoms with Crippen molar-refractivity contribution in [2.24, 2.45) is 0 Å². The number of hydrogen-bond acceptors (Lipinski definition) is 7. The molecule has 1 heterocycles. The molecule has 1 aliphatic rings. The van der Waals surface area contributed by atoms with Gasteiger partial charge in [-0.2, -0.15) is 0 Å². The van der Waals surface area contributed by atoms with Crippen LogP contribution in [0.4, 0.5) is 10.1 Å². The van der Waals surface area contributed by atoms with Gasteiger partial charge in [-0.25, -0.2) is 4.39 Å². The molecule has 2 atom stereocenters. The lowest BCUT2D eigenvalue weighted by Crippen LogP contribution is -2.51. The first-order chi connectivity index (χ1) is 20.6. The van der Waals surface area contributed by atoms with Crippen LogP contribution in [0.1, 0.15) is 39.2 Å². The molecule has 2 N–H and O–H groups in total. The molecule has 0 radical (unpaired) electrons. The Hall–Kier alpha value is -4.28. The van der Waals surface area contributed by atoms with Gasteiger partial charge in [0.15, 0.2) is 0 Å². The molecule has 0 saturated carbocycles. The molecule has 4 rings (SSSR count). The number of carbonyl (C=O) groups excluding carboxylic acids is 3. The number of carbonyl (C=O) groups is 3. The maximum absolute atomic E-state index is 13.3. The molecular weight excluding hydrogens is 553 g/mol. The van der Waals surface area contributed by atoms with E-state index in [9.17, 15) is 18.8 Å². The molecule has 228 valence electrons. The van der Waals surface area contributed by atoms with Gasteiger partial charge in [-0.15, -0.1) is 0 Å². The van der Waals surface area contributed by atoms with E-state index in [2.05, 4.69) is 10.6 Å². The van der Waals surface area contributed by atoms with Crippen LogP contribution in [0.2, 0.25) is 0 Å². The van der Waals surface area contributed by atoms with Crippen molar-refractivity contribution >= 4 is 23.5 Å². The Labute approximate surface area is 251 Å². The smallest absolute Gasteiger partial charge is 0.323 e. The normalized spacial score (nSPS) is 15.9. The summed E-state index contributed by atoms with van der Waals surface area (Å²) in [7, 11) is 0. The molecular formula is C33H38FN3O6. The summed E-state index contributed by atoms with van der Waals surface area (Å²) in [6, 6.07) is 20.3. The number of hydrogen-bond donors (Lipinski definition) is 2. The second-order valence-corrected chi connectivity index (χ2v) is 11.4. The second-order valence-electron chi connectivity index (χ2n) is 11.4. The van der Waals surface area contributed by atoms with E-state index in [1.54, 1.807) is 29.2 Å². The van der Waals surface area contributed by atoms with E-state index in [-0.39, 0.29) is 31.5 Å². The van der Waals surface area contributed by atoms with Gasteiger partial charge < -0.3 is 24.8 Å². The molecule has 0 bridgehead atoms. The molecule has 2 amide bonds. The summed E-state index contributed by atoms with van der Waals surface area (Å²) >= 11 is 0. The highest BCUT2D eigenvalue weighted by molar-refractivity contribution is 5.97. The van der Waals surface area contributed by atoms with Crippen molar-refractivity contribution in [3.8, 4) is 11.5 Å². The Morgan fingerprint density at radius 3 is 2.26 bits per heavy atom. The van der Waals surface area contributed by atoms with Crippen LogP contribution in [0.5, 0.6) is 11.5 Å². The number of halogens is 1. The lowest BCUT2D eigenvalue weighted by Gasteiger charge is -2.27. The van der Waals surface area contributed by atoms with Crippen LogP contribution in [0.25, 0.3) is 0 Å². The Morgan fingerprint density at radius 2 is 1.60 bits per heavy atom. The number of esters is 1. The lowest BCUT2D eigenvalue weighted by atomic mass is 10.1. The predicted molar refractivity (Wildman–Crippen MR) is 160 cm³/mol. The molecule has 3 aromatic carbocycles. The largest absolute Gasteiger partial charge is 0.459 e. The van der Waals surface area contributed by atoms with Crippen LogP contribution < -0.4 is 15.4 Å². The Morgan fingerprint density at radius 1 is 0.953 bits per heavy atom. The number of nitrogens with one attached hydrogen (secondary N) is 2. The SMILES string of the molecule is CC(C)(C)OC(=O)C1CCCN1CC(=O)NC(COCc1ccccc1)C(=O)Nc1ccc(Oc2ccc(F)cc2)cc1. The minimum absolute atomic E-state index is 0.0538. The zero-order valence-corrected chi connectivity index (χ0v) is 24.7. The highest BCUT2D eigenvalue weighted by Gasteiger charge is 2.35. The molecule has 10 heteroatoms. The number of ether oxygens (including phenoxy) is 3. The summed E-state index contributed by atoms with van der Waals surface area (Å²) in [6.45, 7) is 6.15. The Bertz CT molecular complexity index is 1360. The summed E-state index contributed by atoms with van der Waals surface area (Å²) in [6.07, 6.45) is 1.37. The summed E-state index contributed by atoms with van der Waals surface area (Å²) < 4.78 is 30.2. The third-order valence-corrected chi connectivity index (χ3v) is 6.61. The van der Waals surface area contributed by atoms with Crippen molar-refractivity contribution in [1.82, 2.24) is 10.2 Å². The highest BCUT2D eigenvalue weighted by Crippen LogP contribution is 2.24. The zero-order valence-electron chi connectivity index (χ0n) is 24.7. The van der Waals surface area contributed by atoms with Crippen molar-refractivity contribution < 1.29 is 33.0 Å². The number of likely N-dealkylation sites (tertiary alicyclic amines) is 1. The van der Waals surface area contributed by atoms with Crippen molar-refractivity contribution in [1.29, 1.82) is 0 Å². The maximum atomic E-state index is 13.3. The minimum atomic E-state index is -0.992. The van der Waals surface area contributed by atoms with Gasteiger partial charge in [0.2, 0.25) is 11.8 Å². The maximum Gasteiger partial charge on any atom is 0.323 e. The van der Waals surface area contributed by atoms with Gasteiger partial charge in [0.1, 0.15) is 35.0 Å². The molecule has 0 spiro atoms. The fraction of sp³-hybridized carbons (Fsp3) is 0.364. The van der Waals surface area contributed by atoms with E-state index in [4.69, 9.17) is 14.2 Å². The van der Waals surface area contributed by atoms with Crippen molar-refractivity contribution in [3.63, 3.8) is 0 Å². The van der Waals surface area contributed by atoms with E-state index >= 15 is 0 Å². The first kappa shape index (κ1) is 31.7. The van der Waals surface area contributed by atoms with E-state index in [0.717, 1.165) is 12.0 Å². The third-order valence-electron chi connectivity index (χ3n) is 6.61. The molecule has 1 fully saturated rings. The average molecular weight is 592 g/mol. The summed E-state index contributed by atoms with van der Waals surface area (Å²) in [5.74, 6) is -0.594. The summed E-state index contributed by atoms with van der Waals surface area (Å²) in [5.41, 5.74) is 0.795. The molecule has 9 nitrogen and oxygen atoms in total. The van der Waals surface area contributed by atoms with Gasteiger partial charge in [-0.3, -0.25) is 19.3 Å². The van der Waals surface area contributed by atoms with Crippen LogP contribution in [0.15, 0.2) is 78.9 Å². The molecule has 0 aliphatic carbocycles. The van der Waals surface area contributed by atoms with Gasteiger partial charge in [-0.1, -0.05) is 30.3 Å². The zero-order chi connectivity index (χ0) is 30.8. The van der Waals surface area contributed by atoms with Crippen molar-refractivity contribution in [2.75, 3.05) is 25.0 Å². The second kappa shape index (κ2) is 14.8. The van der Waals surface area contributed by atoms with Crippen LogP contribution in [-0.2, 0) is 30.5 Å². The van der Waals surface area contributed by atoms with Crippen molar-refractivity contribution in [3.05, 3.63) is 90.2 Å². The fourth-order valence-electron chi connectivity index (χ4n) is 4.60. The summed E-state index contributed by atoms with van der Waals surface area (Å²) in [5, 5.41) is 5.60. The fourth-order valence-corrected chi connectivity index (χ4v) is 4.60. The van der Waals surface area contributed by atoms with Crippen LogP contribution >= 0.6 is 0 Å². The number of nitrogens with zero attached hydrogens (tertiary/aromatic N) is 1. The number of anilines is 1. The van der Waals surface area contributed by atoms with Gasteiger partial charge >= 0.3 is 5.97 Å². The van der Waals surface area contributed by atoms with Gasteiger partial charge in [-0.05, 0) is 94.3 Å². The molecule has 2 unspecified atom stereocenters. The standard InChI is InChI=1S/C33H38FN3O6/c1-33(2,3)43-32(40)29-10-7-19-37(29)20-30(38)36-28(22-41-21-23-8-5-4-6-9-23)31(39)35-25-13-17-27(18-14-25)42-26-15-11-24(34)12-16-26/h4-6,8-9,11-18,28-29H,7,10,19-22H2,1-3H3,(H,35,39)(H,36,38). The van der Waals surface area contributed by atoms with E-state index in [1.165, 1.54) is 24.3 Å². The van der Waals surface area contributed by atoms with Gasteiger partial charge in [0, 0.05) is 5.69 Å². The number of rotatable bonds is 12. The van der Waals surface area contributed by atoms with Gasteiger partial charge in [0.05, 0.1) is 19.8 Å². The van der Waals surface area contributed by atoms with Crippen LogP contribution in [-0.4, -0.2) is 60.1 Å². The van der Waals surface area contributed by atoms with E-state index in [1.807, 2.05) is 51.1 Å². The average Bonchev–Trinajstić information content (AvgIpc) is 3.42. The first-order valence-electron chi connectivity index (χ1n) is 14.3.